The Morgan fingerprint density at radius 2 is 1.95 bits per heavy atom. The van der Waals surface area contributed by atoms with Crippen molar-refractivity contribution in [3.63, 3.8) is 0 Å². The zero-order valence-electron chi connectivity index (χ0n) is 13.4. The summed E-state index contributed by atoms with van der Waals surface area (Å²) in [6.45, 7) is 5.70. The molecule has 0 fully saturated rings. The average molecular weight is 308 g/mol. The number of amides is 1. The molecule has 0 aliphatic carbocycles. The van der Waals surface area contributed by atoms with E-state index in [1.54, 1.807) is 26.1 Å². The zero-order valence-corrected chi connectivity index (χ0v) is 13.4. The first-order chi connectivity index (χ1) is 10.2. The van der Waals surface area contributed by atoms with E-state index in [0.717, 1.165) is 18.4 Å². The summed E-state index contributed by atoms with van der Waals surface area (Å²) in [4.78, 5) is 34.7. The average Bonchev–Trinajstić information content (AvgIpc) is 2.41. The summed E-state index contributed by atoms with van der Waals surface area (Å²) in [5.41, 5.74) is -0.316. The van der Waals surface area contributed by atoms with E-state index in [4.69, 9.17) is 5.11 Å². The van der Waals surface area contributed by atoms with E-state index < -0.39 is 11.5 Å². The molecule has 22 heavy (non-hydrogen) atoms. The van der Waals surface area contributed by atoms with Crippen molar-refractivity contribution in [1.29, 1.82) is 0 Å². The number of hydrogen-bond acceptors (Lipinski definition) is 3. The van der Waals surface area contributed by atoms with Crippen LogP contribution >= 0.6 is 0 Å². The van der Waals surface area contributed by atoms with Gasteiger partial charge in [-0.15, -0.1) is 0 Å². The Labute approximate surface area is 130 Å². The molecule has 0 bridgehead atoms. The van der Waals surface area contributed by atoms with Crippen LogP contribution in [0.3, 0.4) is 0 Å². The summed E-state index contributed by atoms with van der Waals surface area (Å²) in [5, 5.41) is 11.3. The van der Waals surface area contributed by atoms with Gasteiger partial charge in [0.05, 0.1) is 0 Å². The molecule has 0 aliphatic heterocycles. The highest BCUT2D eigenvalue weighted by Gasteiger charge is 2.29. The van der Waals surface area contributed by atoms with Crippen LogP contribution in [0.15, 0.2) is 23.1 Å². The monoisotopic (exact) mass is 308 g/mol. The van der Waals surface area contributed by atoms with Gasteiger partial charge in [-0.25, -0.2) is 0 Å². The second kappa shape index (κ2) is 7.77. The molecule has 0 saturated heterocycles. The van der Waals surface area contributed by atoms with E-state index >= 15 is 0 Å². The number of aromatic nitrogens is 1. The van der Waals surface area contributed by atoms with Crippen LogP contribution in [0.2, 0.25) is 0 Å². The molecule has 1 rings (SSSR count). The molecule has 0 aliphatic rings. The molecule has 0 aromatic carbocycles. The Morgan fingerprint density at radius 1 is 1.27 bits per heavy atom. The molecule has 2 N–H and O–H groups in total. The Balaban J connectivity index is 2.53. The highest BCUT2D eigenvalue weighted by atomic mass is 16.4. The van der Waals surface area contributed by atoms with Crippen molar-refractivity contribution in [2.75, 3.05) is 6.54 Å². The van der Waals surface area contributed by atoms with Gasteiger partial charge < -0.3 is 15.0 Å². The van der Waals surface area contributed by atoms with Crippen molar-refractivity contribution in [3.05, 3.63) is 34.2 Å². The van der Waals surface area contributed by atoms with Crippen LogP contribution in [0.25, 0.3) is 0 Å². The Bertz CT molecular complexity index is 590. The predicted molar refractivity (Wildman–Crippen MR) is 83.9 cm³/mol. The van der Waals surface area contributed by atoms with Gasteiger partial charge in [0, 0.05) is 25.2 Å². The summed E-state index contributed by atoms with van der Waals surface area (Å²) in [6, 6.07) is 3.29. The zero-order chi connectivity index (χ0) is 16.8. The predicted octanol–water partition coefficient (Wildman–Crippen LogP) is 1.65. The first kappa shape index (κ1) is 17.9. The third-order valence-corrected chi connectivity index (χ3v) is 3.59. The lowest BCUT2D eigenvalue weighted by atomic mass is 10.0. The molecule has 1 amide bonds. The van der Waals surface area contributed by atoms with Crippen molar-refractivity contribution < 1.29 is 14.7 Å². The van der Waals surface area contributed by atoms with Crippen LogP contribution in [-0.4, -0.2) is 28.1 Å². The van der Waals surface area contributed by atoms with Crippen LogP contribution in [0, 0.1) is 6.92 Å². The van der Waals surface area contributed by atoms with E-state index in [0.29, 0.717) is 13.0 Å². The van der Waals surface area contributed by atoms with Crippen molar-refractivity contribution in [2.24, 2.45) is 0 Å². The fraction of sp³-hybridized carbons (Fsp3) is 0.562. The standard InChI is InChI=1S/C16H24N2O4/c1-12-8-10-18(13(19)11-12)16(2,3)15(22)17-9-6-4-5-7-14(20)21/h8,10-11H,4-7,9H2,1-3H3,(H,17,22)(H,20,21). The van der Waals surface area contributed by atoms with Gasteiger partial charge in [0.2, 0.25) is 5.91 Å². The number of aliphatic carboxylic acids is 1. The first-order valence-electron chi connectivity index (χ1n) is 7.45. The molecule has 6 nitrogen and oxygen atoms in total. The number of carboxylic acids is 1. The maximum absolute atomic E-state index is 12.3. The summed E-state index contributed by atoms with van der Waals surface area (Å²) in [6.07, 6.45) is 3.85. The molecule has 1 aromatic heterocycles. The molecule has 0 spiro atoms. The normalized spacial score (nSPS) is 11.2. The fourth-order valence-electron chi connectivity index (χ4n) is 2.15. The van der Waals surface area contributed by atoms with Gasteiger partial charge in [-0.3, -0.25) is 14.4 Å². The first-order valence-corrected chi connectivity index (χ1v) is 7.45. The largest absolute Gasteiger partial charge is 0.481 e. The number of nitrogens with one attached hydrogen (secondary N) is 1. The number of carboxylic acid groups (broad SMARTS) is 1. The van der Waals surface area contributed by atoms with E-state index in [1.165, 1.54) is 10.6 Å². The van der Waals surface area contributed by atoms with Gasteiger partial charge in [-0.2, -0.15) is 0 Å². The number of unbranched alkanes of at least 4 members (excludes halogenated alkanes) is 2. The maximum atomic E-state index is 12.3. The smallest absolute Gasteiger partial charge is 0.303 e. The SMILES string of the molecule is Cc1ccn(C(C)(C)C(=O)NCCCCCC(=O)O)c(=O)c1. The number of rotatable bonds is 8. The lowest BCUT2D eigenvalue weighted by Gasteiger charge is -2.26. The van der Waals surface area contributed by atoms with Crippen molar-refractivity contribution in [2.45, 2.75) is 52.0 Å². The molecule has 122 valence electrons. The van der Waals surface area contributed by atoms with Crippen molar-refractivity contribution >= 4 is 11.9 Å². The van der Waals surface area contributed by atoms with Crippen LogP contribution in [0.5, 0.6) is 0 Å². The summed E-state index contributed by atoms with van der Waals surface area (Å²) >= 11 is 0. The molecular formula is C16H24N2O4. The minimum Gasteiger partial charge on any atom is -0.481 e. The molecule has 0 unspecified atom stereocenters. The van der Waals surface area contributed by atoms with Crippen molar-refractivity contribution in [3.8, 4) is 0 Å². The number of nitrogens with zero attached hydrogens (tertiary/aromatic N) is 1. The Hall–Kier alpha value is -2.11. The van der Waals surface area contributed by atoms with Gasteiger partial charge in [0.1, 0.15) is 5.54 Å². The fourth-order valence-corrected chi connectivity index (χ4v) is 2.15. The summed E-state index contributed by atoms with van der Waals surface area (Å²) < 4.78 is 1.42. The van der Waals surface area contributed by atoms with Crippen molar-refractivity contribution in [1.82, 2.24) is 9.88 Å². The van der Waals surface area contributed by atoms with Crippen LogP contribution in [0.4, 0.5) is 0 Å². The number of pyridine rings is 1. The second-order valence-electron chi connectivity index (χ2n) is 5.93. The van der Waals surface area contributed by atoms with Crippen LogP contribution in [0.1, 0.15) is 45.1 Å². The maximum Gasteiger partial charge on any atom is 0.303 e. The number of aryl methyl sites for hydroxylation is 1. The Kier molecular flexibility index (Phi) is 6.34. The molecule has 0 saturated carbocycles. The van der Waals surface area contributed by atoms with E-state index in [1.807, 2.05) is 6.92 Å². The quantitative estimate of drug-likeness (QED) is 0.715. The molecule has 1 heterocycles. The van der Waals surface area contributed by atoms with Gasteiger partial charge in [0.25, 0.3) is 5.56 Å². The summed E-state index contributed by atoms with van der Waals surface area (Å²) in [7, 11) is 0. The number of carbonyl (C=O) groups is 2. The molecule has 6 heteroatoms. The lowest BCUT2D eigenvalue weighted by Crippen LogP contribution is -2.48. The molecule has 0 atom stereocenters. The molecule has 0 radical (unpaired) electrons. The molecule has 1 aromatic rings. The minimum absolute atomic E-state index is 0.151. The van der Waals surface area contributed by atoms with E-state index in [-0.39, 0.29) is 17.9 Å². The lowest BCUT2D eigenvalue weighted by molar-refractivity contribution is -0.137. The third kappa shape index (κ3) is 5.02. The van der Waals surface area contributed by atoms with Gasteiger partial charge in [-0.1, -0.05) is 6.42 Å². The van der Waals surface area contributed by atoms with Crippen LogP contribution < -0.4 is 10.9 Å². The summed E-state index contributed by atoms with van der Waals surface area (Å²) in [5.74, 6) is -1.03. The van der Waals surface area contributed by atoms with Gasteiger partial charge in [0.15, 0.2) is 0 Å². The third-order valence-electron chi connectivity index (χ3n) is 3.59. The highest BCUT2D eigenvalue weighted by Crippen LogP contribution is 2.13. The van der Waals surface area contributed by atoms with E-state index in [9.17, 15) is 14.4 Å². The number of carbonyl (C=O) groups excluding carboxylic acids is 1. The Morgan fingerprint density at radius 3 is 2.55 bits per heavy atom. The molecular weight excluding hydrogens is 284 g/mol. The second-order valence-corrected chi connectivity index (χ2v) is 5.93. The van der Waals surface area contributed by atoms with Gasteiger partial charge in [-0.05, 0) is 45.2 Å². The van der Waals surface area contributed by atoms with Gasteiger partial charge >= 0.3 is 5.97 Å². The topological polar surface area (TPSA) is 88.4 Å². The van der Waals surface area contributed by atoms with Crippen LogP contribution in [-0.2, 0) is 15.1 Å². The van der Waals surface area contributed by atoms with E-state index in [2.05, 4.69) is 5.32 Å². The highest BCUT2D eigenvalue weighted by molar-refractivity contribution is 5.83. The number of hydrogen-bond donors (Lipinski definition) is 2. The minimum atomic E-state index is -0.966.